The molecule has 1 N–H and O–H groups in total. The van der Waals surface area contributed by atoms with Gasteiger partial charge in [0.2, 0.25) is 11.3 Å². The topological polar surface area (TPSA) is 58.6 Å². The number of esters is 1. The van der Waals surface area contributed by atoms with E-state index < -0.39 is 18.9 Å². The number of carbonyl (C=O) groups is 1. The Kier molecular flexibility index (Phi) is 2.68. The molecule has 1 aliphatic heterocycles. The van der Waals surface area contributed by atoms with Crippen molar-refractivity contribution in [3.05, 3.63) is 0 Å². The molecule has 0 saturated carbocycles. The number of carbonyl (C=O) groups excluding carboxylic acids is 1. The highest BCUT2D eigenvalue weighted by atomic mass is 35.5. The Bertz CT molecular complexity index is 233. The van der Waals surface area contributed by atoms with Crippen LogP contribution < -0.4 is 5.43 Å². The van der Waals surface area contributed by atoms with Gasteiger partial charge in [-0.25, -0.2) is 4.79 Å². The van der Waals surface area contributed by atoms with E-state index >= 15 is 0 Å². The molecule has 0 bridgehead atoms. The van der Waals surface area contributed by atoms with Crippen LogP contribution >= 0.6 is 19.6 Å². The number of ether oxygens (including phenoxy) is 1. The zero-order chi connectivity index (χ0) is 9.35. The van der Waals surface area contributed by atoms with E-state index in [1.165, 1.54) is 18.8 Å². The second kappa shape index (κ2) is 3.26. The number of rotatable bonds is 2. The molecule has 7 heteroatoms. The summed E-state index contributed by atoms with van der Waals surface area (Å²) in [6.07, 6.45) is 0.356. The molecule has 2 atom stereocenters. The predicted molar refractivity (Wildman–Crippen MR) is 43.7 cm³/mol. The molecule has 5 nitrogen and oxygen atoms in total. The van der Waals surface area contributed by atoms with E-state index in [0.29, 0.717) is 6.29 Å². The average molecular weight is 212 g/mol. The zero-order valence-corrected chi connectivity index (χ0v) is 8.35. The molecule has 0 aromatic rings. The number of hydrogen-bond acceptors (Lipinski definition) is 4. The van der Waals surface area contributed by atoms with Crippen LogP contribution in [0.3, 0.4) is 0 Å². The largest absolute Gasteiger partial charge is 0.469 e. The Hall–Kier alpha value is -0.220. The number of halogens is 1. The molecular formula is C5H9ClN2O3P+. The van der Waals surface area contributed by atoms with Gasteiger partial charge in [0.15, 0.2) is 0 Å². The lowest BCUT2D eigenvalue weighted by molar-refractivity contribution is -0.148. The maximum atomic E-state index is 11.0. The fourth-order valence-electron chi connectivity index (χ4n) is 0.830. The van der Waals surface area contributed by atoms with Crippen LogP contribution in [0, 0.1) is 0 Å². The van der Waals surface area contributed by atoms with Crippen LogP contribution in [0.25, 0.3) is 0 Å². The Labute approximate surface area is 75.8 Å². The second-order valence-electron chi connectivity index (χ2n) is 2.43. The first-order chi connectivity index (χ1) is 5.50. The van der Waals surface area contributed by atoms with Crippen molar-refractivity contribution >= 4 is 25.5 Å². The van der Waals surface area contributed by atoms with Crippen LogP contribution in [0.2, 0.25) is 0 Å². The standard InChI is InChI=1S/C5H9ClN2O3P/c1-5(6,4(9)11-2)8-7-3-12(8)10/h7H,3H2,1-2H3/q+1. The lowest BCUT2D eigenvalue weighted by Crippen LogP contribution is -2.57. The van der Waals surface area contributed by atoms with Gasteiger partial charge in [0.05, 0.1) is 7.11 Å². The smallest absolute Gasteiger partial charge is 0.467 e. The quantitative estimate of drug-likeness (QED) is 0.314. The molecule has 0 aliphatic carbocycles. The van der Waals surface area contributed by atoms with Crippen LogP contribution in [0.1, 0.15) is 6.92 Å². The minimum Gasteiger partial charge on any atom is -0.467 e. The van der Waals surface area contributed by atoms with Crippen molar-refractivity contribution in [2.75, 3.05) is 13.4 Å². The van der Waals surface area contributed by atoms with Crippen molar-refractivity contribution in [2.24, 2.45) is 0 Å². The highest BCUT2D eigenvalue weighted by Gasteiger charge is 2.56. The number of nitrogens with one attached hydrogen (secondary N) is 1. The van der Waals surface area contributed by atoms with Crippen molar-refractivity contribution < 1.29 is 14.1 Å². The third-order valence-corrected chi connectivity index (χ3v) is 3.38. The third kappa shape index (κ3) is 1.45. The molecular weight excluding hydrogens is 202 g/mol. The Balaban J connectivity index is 2.70. The van der Waals surface area contributed by atoms with Gasteiger partial charge in [0.25, 0.3) is 0 Å². The molecule has 1 saturated heterocycles. The monoisotopic (exact) mass is 211 g/mol. The van der Waals surface area contributed by atoms with E-state index in [-0.39, 0.29) is 0 Å². The molecule has 2 unspecified atom stereocenters. The minimum absolute atomic E-state index is 0.356. The molecule has 0 spiro atoms. The molecule has 1 rings (SSSR count). The molecule has 12 heavy (non-hydrogen) atoms. The Morgan fingerprint density at radius 2 is 2.42 bits per heavy atom. The van der Waals surface area contributed by atoms with E-state index in [4.69, 9.17) is 11.6 Å². The molecule has 0 aromatic carbocycles. The summed E-state index contributed by atoms with van der Waals surface area (Å²) >= 11 is 5.79. The van der Waals surface area contributed by atoms with Crippen molar-refractivity contribution in [1.29, 1.82) is 0 Å². The first kappa shape index (κ1) is 9.86. The lowest BCUT2D eigenvalue weighted by Gasteiger charge is -2.28. The molecule has 1 heterocycles. The molecule has 0 amide bonds. The van der Waals surface area contributed by atoms with Crippen LogP contribution in [-0.4, -0.2) is 29.1 Å². The highest BCUT2D eigenvalue weighted by Crippen LogP contribution is 2.41. The van der Waals surface area contributed by atoms with Gasteiger partial charge >= 0.3 is 13.9 Å². The predicted octanol–water partition coefficient (Wildman–Crippen LogP) is 0.634. The van der Waals surface area contributed by atoms with Gasteiger partial charge in [0.1, 0.15) is 0 Å². The van der Waals surface area contributed by atoms with Crippen molar-refractivity contribution in [1.82, 2.24) is 10.2 Å². The summed E-state index contributed by atoms with van der Waals surface area (Å²) in [4.78, 5) is 9.67. The normalized spacial score (nSPS) is 25.8. The fraction of sp³-hybridized carbons (Fsp3) is 0.800. The van der Waals surface area contributed by atoms with Crippen LogP contribution in [-0.2, 0) is 14.1 Å². The van der Waals surface area contributed by atoms with Crippen LogP contribution in [0.15, 0.2) is 0 Å². The van der Waals surface area contributed by atoms with Crippen LogP contribution in [0.4, 0.5) is 0 Å². The van der Waals surface area contributed by atoms with Gasteiger partial charge in [0, 0.05) is 4.78 Å². The summed E-state index contributed by atoms with van der Waals surface area (Å²) in [6, 6.07) is 0. The first-order valence-electron chi connectivity index (χ1n) is 3.26. The average Bonchev–Trinajstić information content (AvgIpc) is 1.99. The SMILES string of the molecule is COC(=O)C(C)(Cl)N1NC[P+]1=O. The van der Waals surface area contributed by atoms with Crippen LogP contribution in [0.5, 0.6) is 0 Å². The number of alkyl halides is 1. The summed E-state index contributed by atoms with van der Waals surface area (Å²) in [5.41, 5.74) is 2.67. The van der Waals surface area contributed by atoms with Gasteiger partial charge in [-0.15, -0.1) is 0 Å². The van der Waals surface area contributed by atoms with E-state index in [9.17, 15) is 9.36 Å². The van der Waals surface area contributed by atoms with E-state index in [0.717, 1.165) is 0 Å². The van der Waals surface area contributed by atoms with E-state index in [2.05, 4.69) is 10.2 Å². The van der Waals surface area contributed by atoms with Crippen molar-refractivity contribution in [3.63, 3.8) is 0 Å². The molecule has 0 aromatic heterocycles. The molecule has 1 aliphatic rings. The number of hydrazine groups is 1. The highest BCUT2D eigenvalue weighted by molar-refractivity contribution is 7.43. The van der Waals surface area contributed by atoms with Gasteiger partial charge in [-0.1, -0.05) is 11.6 Å². The molecule has 68 valence electrons. The first-order valence-corrected chi connectivity index (χ1v) is 5.03. The van der Waals surface area contributed by atoms with Gasteiger partial charge in [-0.3, -0.25) is 0 Å². The minimum atomic E-state index is -1.57. The summed E-state index contributed by atoms with van der Waals surface area (Å²) in [6.45, 7) is 1.43. The van der Waals surface area contributed by atoms with Crippen molar-refractivity contribution in [3.8, 4) is 0 Å². The number of hydrogen-bond donors (Lipinski definition) is 1. The summed E-state index contributed by atoms with van der Waals surface area (Å²) < 4.78 is 16.6. The summed E-state index contributed by atoms with van der Waals surface area (Å²) in [5, 5.41) is 0. The Morgan fingerprint density at radius 3 is 2.67 bits per heavy atom. The van der Waals surface area contributed by atoms with E-state index in [1.807, 2.05) is 0 Å². The van der Waals surface area contributed by atoms with E-state index in [1.54, 1.807) is 0 Å². The molecule has 1 fully saturated rings. The summed E-state index contributed by atoms with van der Waals surface area (Å²) in [7, 11) is -0.336. The van der Waals surface area contributed by atoms with Gasteiger partial charge in [-0.05, 0) is 11.5 Å². The zero-order valence-electron chi connectivity index (χ0n) is 6.70. The third-order valence-electron chi connectivity index (χ3n) is 1.53. The maximum Gasteiger partial charge on any atom is 0.469 e. The number of nitrogens with zero attached hydrogens (tertiary/aromatic N) is 1. The lowest BCUT2D eigenvalue weighted by atomic mass is 10.3. The van der Waals surface area contributed by atoms with Crippen molar-refractivity contribution in [2.45, 2.75) is 11.9 Å². The maximum absolute atomic E-state index is 11.0. The van der Waals surface area contributed by atoms with Gasteiger partial charge in [-0.2, -0.15) is 5.43 Å². The second-order valence-corrected chi connectivity index (χ2v) is 4.58. The van der Waals surface area contributed by atoms with Gasteiger partial charge < -0.3 is 4.74 Å². The molecule has 0 radical (unpaired) electrons. The fourth-order valence-corrected chi connectivity index (χ4v) is 2.12. The summed E-state index contributed by atoms with van der Waals surface area (Å²) in [5.74, 6) is -0.625. The Morgan fingerprint density at radius 1 is 1.83 bits per heavy atom. The number of methoxy groups -OCH3 is 1.